The zero-order chi connectivity index (χ0) is 29.8. The van der Waals surface area contributed by atoms with Crippen LogP contribution in [0.2, 0.25) is 0 Å². The second-order valence-corrected chi connectivity index (χ2v) is 17.2. The van der Waals surface area contributed by atoms with Crippen molar-refractivity contribution in [2.75, 3.05) is 12.3 Å². The number of amides is 3. The summed E-state index contributed by atoms with van der Waals surface area (Å²) in [6, 6.07) is -2.47. The van der Waals surface area contributed by atoms with Gasteiger partial charge >= 0.3 is 12.0 Å². The number of sulfone groups is 1. The molecule has 3 fully saturated rings. The topological polar surface area (TPSA) is 133 Å². The number of aliphatic carboxylic acids is 1. The molecule has 1 heterocycles. The van der Waals surface area contributed by atoms with E-state index in [0.717, 1.165) is 44.1 Å². The average Bonchev–Trinajstić information content (AvgIpc) is 3.18. The van der Waals surface area contributed by atoms with Gasteiger partial charge in [-0.1, -0.05) is 40.2 Å². The van der Waals surface area contributed by atoms with Crippen molar-refractivity contribution in [1.29, 1.82) is 0 Å². The van der Waals surface area contributed by atoms with Crippen molar-refractivity contribution in [3.05, 3.63) is 11.6 Å². The van der Waals surface area contributed by atoms with Gasteiger partial charge in [0.25, 0.3) is 0 Å². The Morgan fingerprint density at radius 3 is 2.25 bits per heavy atom. The minimum atomic E-state index is -3.57. The van der Waals surface area contributed by atoms with E-state index in [4.69, 9.17) is 0 Å². The Kier molecular flexibility index (Phi) is 8.19. The molecule has 40 heavy (non-hydrogen) atoms. The number of hydrogen-bond acceptors (Lipinski definition) is 5. The highest BCUT2D eigenvalue weighted by atomic mass is 32.2. The maximum absolute atomic E-state index is 14.0. The van der Waals surface area contributed by atoms with Gasteiger partial charge in [-0.25, -0.2) is 18.0 Å². The van der Waals surface area contributed by atoms with Crippen molar-refractivity contribution in [2.24, 2.45) is 29.1 Å². The molecule has 4 aliphatic rings. The Morgan fingerprint density at radius 2 is 1.73 bits per heavy atom. The first-order chi connectivity index (χ1) is 18.4. The first-order valence-electron chi connectivity index (χ1n) is 15.0. The number of allylic oxidation sites excluding steroid dienone is 1. The number of piperidine rings is 1. The van der Waals surface area contributed by atoms with E-state index in [-0.39, 0.29) is 40.7 Å². The summed E-state index contributed by atoms with van der Waals surface area (Å²) in [5, 5.41) is 16.1. The van der Waals surface area contributed by atoms with E-state index >= 15 is 0 Å². The van der Waals surface area contributed by atoms with Crippen LogP contribution in [0.4, 0.5) is 4.79 Å². The maximum Gasteiger partial charge on any atom is 0.326 e. The van der Waals surface area contributed by atoms with Gasteiger partial charge in [0.05, 0.1) is 16.0 Å². The predicted molar refractivity (Wildman–Crippen MR) is 154 cm³/mol. The number of rotatable bonds is 7. The van der Waals surface area contributed by atoms with Crippen LogP contribution in [0.15, 0.2) is 11.6 Å². The number of carbonyl (C=O) groups excluding carboxylic acids is 2. The van der Waals surface area contributed by atoms with Gasteiger partial charge in [0.2, 0.25) is 5.91 Å². The number of fused-ring (bicyclic) bond motifs is 1. The van der Waals surface area contributed by atoms with E-state index in [1.807, 2.05) is 33.8 Å². The lowest BCUT2D eigenvalue weighted by Gasteiger charge is -2.48. The molecule has 3 amide bonds. The Labute approximate surface area is 239 Å². The smallest absolute Gasteiger partial charge is 0.326 e. The number of carboxylic acid groups (broad SMARTS) is 1. The predicted octanol–water partition coefficient (Wildman–Crippen LogP) is 4.13. The number of nitrogens with zero attached hydrogens (tertiary/aromatic N) is 1. The van der Waals surface area contributed by atoms with Crippen LogP contribution in [0.5, 0.6) is 0 Å². The highest BCUT2D eigenvalue weighted by Crippen LogP contribution is 2.65. The normalized spacial score (nSPS) is 34.3. The SMILES string of the molecule is C[C@@H]1CCC[C@H](C)C1(CS(=O)(=O)C(C)(C)C)NC(=O)N[C@H](C(=O)N1C[C@H]2[C@@H]([C@H]1C(=O)O)C2(C)C)C1=CCCCC1. The molecule has 0 aromatic heterocycles. The van der Waals surface area contributed by atoms with Crippen LogP contribution in [-0.4, -0.2) is 71.0 Å². The molecule has 10 heteroatoms. The van der Waals surface area contributed by atoms with Crippen LogP contribution in [0.25, 0.3) is 0 Å². The molecule has 0 aromatic carbocycles. The summed E-state index contributed by atoms with van der Waals surface area (Å²) in [6.07, 6.45) is 7.88. The minimum Gasteiger partial charge on any atom is -0.480 e. The van der Waals surface area contributed by atoms with Crippen LogP contribution in [-0.2, 0) is 19.4 Å². The van der Waals surface area contributed by atoms with E-state index in [2.05, 4.69) is 10.6 Å². The van der Waals surface area contributed by atoms with Gasteiger partial charge in [-0.2, -0.15) is 0 Å². The quantitative estimate of drug-likeness (QED) is 0.389. The fraction of sp³-hybridized carbons (Fsp3) is 0.833. The second kappa shape index (κ2) is 10.6. The number of hydrogen-bond donors (Lipinski definition) is 3. The Bertz CT molecular complexity index is 1160. The van der Waals surface area contributed by atoms with Crippen LogP contribution in [0, 0.1) is 29.1 Å². The van der Waals surface area contributed by atoms with Gasteiger partial charge in [-0.15, -0.1) is 0 Å². The number of nitrogens with one attached hydrogen (secondary N) is 2. The van der Waals surface area contributed by atoms with Gasteiger partial charge < -0.3 is 20.6 Å². The molecule has 3 N–H and O–H groups in total. The summed E-state index contributed by atoms with van der Waals surface area (Å²) in [6.45, 7) is 13.5. The lowest BCUT2D eigenvalue weighted by Crippen LogP contribution is -2.66. The largest absolute Gasteiger partial charge is 0.480 e. The summed E-state index contributed by atoms with van der Waals surface area (Å²) in [5.74, 6) is -1.70. The number of carbonyl (C=O) groups is 3. The van der Waals surface area contributed by atoms with Crippen molar-refractivity contribution in [3.63, 3.8) is 0 Å². The Hall–Kier alpha value is -2.10. The number of urea groups is 1. The molecule has 0 aromatic rings. The molecular formula is C30H49N3O6S. The van der Waals surface area contributed by atoms with Gasteiger partial charge in [-0.3, -0.25) is 4.79 Å². The molecule has 7 atom stereocenters. The highest BCUT2D eigenvalue weighted by molar-refractivity contribution is 7.92. The molecule has 1 saturated heterocycles. The van der Waals surface area contributed by atoms with Crippen LogP contribution >= 0.6 is 0 Å². The molecule has 0 bridgehead atoms. The molecule has 3 aliphatic carbocycles. The monoisotopic (exact) mass is 579 g/mol. The fourth-order valence-corrected chi connectivity index (χ4v) is 9.31. The van der Waals surface area contributed by atoms with E-state index in [0.29, 0.717) is 13.0 Å². The van der Waals surface area contributed by atoms with Crippen molar-refractivity contribution in [3.8, 4) is 0 Å². The van der Waals surface area contributed by atoms with Crippen molar-refractivity contribution >= 4 is 27.7 Å². The molecule has 226 valence electrons. The number of carboxylic acids is 1. The molecule has 0 spiro atoms. The second-order valence-electron chi connectivity index (χ2n) is 14.4. The number of likely N-dealkylation sites (tertiary alicyclic amines) is 1. The zero-order valence-electron chi connectivity index (χ0n) is 25.2. The van der Waals surface area contributed by atoms with Crippen molar-refractivity contribution in [2.45, 2.75) is 116 Å². The first-order valence-corrected chi connectivity index (χ1v) is 16.6. The molecule has 0 radical (unpaired) electrons. The van der Waals surface area contributed by atoms with Crippen molar-refractivity contribution < 1.29 is 27.9 Å². The van der Waals surface area contributed by atoms with E-state index < -0.39 is 44.2 Å². The van der Waals surface area contributed by atoms with Gasteiger partial charge in [0.1, 0.15) is 12.1 Å². The van der Waals surface area contributed by atoms with Crippen LogP contribution in [0.1, 0.15) is 93.4 Å². The van der Waals surface area contributed by atoms with Gasteiger partial charge in [0.15, 0.2) is 9.84 Å². The molecule has 1 unspecified atom stereocenters. The summed E-state index contributed by atoms with van der Waals surface area (Å²) < 4.78 is 25.9. The summed E-state index contributed by atoms with van der Waals surface area (Å²) in [5.41, 5.74) is -0.301. The van der Waals surface area contributed by atoms with Crippen LogP contribution < -0.4 is 10.6 Å². The fourth-order valence-electron chi connectivity index (χ4n) is 7.61. The van der Waals surface area contributed by atoms with E-state index in [9.17, 15) is 27.9 Å². The van der Waals surface area contributed by atoms with Gasteiger partial charge in [0, 0.05) is 12.5 Å². The molecule has 1 aliphatic heterocycles. The zero-order valence-corrected chi connectivity index (χ0v) is 26.1. The lowest BCUT2D eigenvalue weighted by atomic mass is 9.68. The summed E-state index contributed by atoms with van der Waals surface area (Å²) >= 11 is 0. The Morgan fingerprint density at radius 1 is 1.10 bits per heavy atom. The van der Waals surface area contributed by atoms with Crippen molar-refractivity contribution in [1.82, 2.24) is 15.5 Å². The minimum absolute atomic E-state index is 0.0773. The van der Waals surface area contributed by atoms with Crippen LogP contribution in [0.3, 0.4) is 0 Å². The summed E-state index contributed by atoms with van der Waals surface area (Å²) in [4.78, 5) is 41.5. The molecule has 9 nitrogen and oxygen atoms in total. The summed E-state index contributed by atoms with van der Waals surface area (Å²) in [7, 11) is -3.57. The Balaban J connectivity index is 1.62. The average molecular weight is 580 g/mol. The third kappa shape index (κ3) is 5.41. The van der Waals surface area contributed by atoms with E-state index in [1.54, 1.807) is 20.8 Å². The third-order valence-electron chi connectivity index (χ3n) is 10.7. The molecule has 2 saturated carbocycles. The van der Waals surface area contributed by atoms with E-state index in [1.165, 1.54) is 4.90 Å². The molecule has 4 rings (SSSR count). The van der Waals surface area contributed by atoms with Gasteiger partial charge in [-0.05, 0) is 88.0 Å². The highest BCUT2D eigenvalue weighted by Gasteiger charge is 2.70. The lowest BCUT2D eigenvalue weighted by molar-refractivity contribution is -0.150. The molecular weight excluding hydrogens is 530 g/mol. The standard InChI is InChI=1S/C30H49N3O6S/c1-18-12-11-13-19(2)30(18,17-40(38,39)28(3,4)5)32-27(37)31-23(20-14-9-8-10-15-20)25(34)33-16-21-22(29(21,6)7)24(33)26(35)36/h14,18-19,21-24H,8-13,15-17H2,1-7H3,(H,35,36)(H2,31,32,37)/t18-,19+,21-,22-,23-,24-,30?/m0/s1. The maximum atomic E-state index is 14.0. The third-order valence-corrected chi connectivity index (χ3v) is 13.4. The first kappa shape index (κ1) is 30.8.